The quantitative estimate of drug-likeness (QED) is 0.458. The summed E-state index contributed by atoms with van der Waals surface area (Å²) in [6.45, 7) is 1.79. The molecule has 0 spiro atoms. The number of hydrogen-bond donors (Lipinski definition) is 0. The summed E-state index contributed by atoms with van der Waals surface area (Å²) in [6.07, 6.45) is 5.45. The van der Waals surface area contributed by atoms with Crippen LogP contribution in [-0.4, -0.2) is 59.7 Å². The van der Waals surface area contributed by atoms with Crippen LogP contribution in [0.1, 0.15) is 40.7 Å². The van der Waals surface area contributed by atoms with Gasteiger partial charge < -0.3 is 18.6 Å². The molecular formula is C25H33NO6S. The maximum Gasteiger partial charge on any atom is 0.306 e. The van der Waals surface area contributed by atoms with E-state index in [0.29, 0.717) is 17.2 Å². The third kappa shape index (κ3) is 6.95. The molecule has 1 unspecified atom stereocenters. The Kier molecular flexibility index (Phi) is 8.37. The van der Waals surface area contributed by atoms with E-state index in [9.17, 15) is 13.2 Å². The van der Waals surface area contributed by atoms with Crippen molar-refractivity contribution in [2.45, 2.75) is 32.1 Å². The molecule has 0 amide bonds. The number of methoxy groups -OCH3 is 2. The average molecular weight is 476 g/mol. The van der Waals surface area contributed by atoms with Crippen LogP contribution >= 0.6 is 0 Å². The number of ether oxygens (including phenoxy) is 2. The van der Waals surface area contributed by atoms with Gasteiger partial charge in [-0.1, -0.05) is 12.1 Å². The Morgan fingerprint density at radius 2 is 1.70 bits per heavy atom. The maximum atomic E-state index is 13.0. The number of fused-ring (bicyclic) bond motifs is 1. The van der Waals surface area contributed by atoms with Gasteiger partial charge in [-0.3, -0.25) is 4.79 Å². The van der Waals surface area contributed by atoms with Gasteiger partial charge in [0.05, 0.1) is 20.5 Å². The van der Waals surface area contributed by atoms with Gasteiger partial charge in [0.25, 0.3) is 0 Å². The lowest BCUT2D eigenvalue weighted by Crippen LogP contribution is -2.26. The molecule has 0 aromatic heterocycles. The molecule has 33 heavy (non-hydrogen) atoms. The van der Waals surface area contributed by atoms with E-state index in [1.165, 1.54) is 0 Å². The van der Waals surface area contributed by atoms with Crippen molar-refractivity contribution >= 4 is 15.9 Å². The lowest BCUT2D eigenvalue weighted by Gasteiger charge is -2.25. The monoisotopic (exact) mass is 475 g/mol. The molecule has 1 aliphatic carbocycles. The minimum atomic E-state index is -3.51. The highest BCUT2D eigenvalue weighted by Crippen LogP contribution is 2.36. The number of ketones is 1. The van der Waals surface area contributed by atoms with Crippen molar-refractivity contribution in [1.82, 2.24) is 4.90 Å². The van der Waals surface area contributed by atoms with Gasteiger partial charge in [-0.2, -0.15) is 8.42 Å². The van der Waals surface area contributed by atoms with Gasteiger partial charge in [0, 0.05) is 18.0 Å². The fourth-order valence-corrected chi connectivity index (χ4v) is 4.70. The Bertz CT molecular complexity index is 1070. The van der Waals surface area contributed by atoms with Crippen LogP contribution in [-0.2, 0) is 23.0 Å². The summed E-state index contributed by atoms with van der Waals surface area (Å²) in [5, 5.41) is 0. The van der Waals surface area contributed by atoms with Gasteiger partial charge in [0.2, 0.25) is 0 Å². The first kappa shape index (κ1) is 25.1. The highest BCUT2D eigenvalue weighted by atomic mass is 32.2. The van der Waals surface area contributed by atoms with E-state index in [-0.39, 0.29) is 11.7 Å². The summed E-state index contributed by atoms with van der Waals surface area (Å²) >= 11 is 0. The summed E-state index contributed by atoms with van der Waals surface area (Å²) in [4.78, 5) is 15.3. The van der Waals surface area contributed by atoms with Crippen molar-refractivity contribution in [3.05, 3.63) is 53.1 Å². The fourth-order valence-electron chi connectivity index (χ4n) is 4.24. The topological polar surface area (TPSA) is 82.1 Å². The molecule has 7 nitrogen and oxygen atoms in total. The van der Waals surface area contributed by atoms with Gasteiger partial charge in [0.15, 0.2) is 17.3 Å². The molecule has 3 rings (SSSR count). The zero-order valence-electron chi connectivity index (χ0n) is 19.8. The lowest BCUT2D eigenvalue weighted by atomic mass is 9.80. The molecule has 0 saturated carbocycles. The Balaban J connectivity index is 1.45. The first-order valence-corrected chi connectivity index (χ1v) is 13.0. The zero-order chi connectivity index (χ0) is 24.0. The van der Waals surface area contributed by atoms with Crippen molar-refractivity contribution in [3.63, 3.8) is 0 Å². The molecule has 1 atom stereocenters. The van der Waals surface area contributed by atoms with E-state index in [0.717, 1.165) is 68.1 Å². The fraction of sp³-hybridized carbons (Fsp3) is 0.480. The molecule has 8 heteroatoms. The lowest BCUT2D eigenvalue weighted by molar-refractivity contribution is 0.0890. The second-order valence-corrected chi connectivity index (χ2v) is 10.2. The van der Waals surface area contributed by atoms with E-state index in [1.54, 1.807) is 26.4 Å². The minimum Gasteiger partial charge on any atom is -0.493 e. The normalized spacial score (nSPS) is 15.9. The predicted octanol–water partition coefficient (Wildman–Crippen LogP) is 3.74. The van der Waals surface area contributed by atoms with Crippen LogP contribution in [0, 0.1) is 5.92 Å². The standard InChI is InChI=1S/C25H33NO6S/c1-26(15-13-18-7-11-21(12-8-18)32-33(4,28)29)14-5-6-19-9-10-20-16-23(30-2)24(31-3)17-22(20)25(19)27/h7-8,11-12,16-17,19H,5-6,9-10,13-15H2,1-4H3. The molecule has 2 aromatic rings. The molecule has 0 aliphatic heterocycles. The van der Waals surface area contributed by atoms with Crippen LogP contribution < -0.4 is 13.7 Å². The third-order valence-corrected chi connectivity index (χ3v) is 6.55. The van der Waals surface area contributed by atoms with E-state index < -0.39 is 10.1 Å². The number of likely N-dealkylation sites (N-methyl/N-ethyl adjacent to an activating group) is 1. The number of hydrogen-bond acceptors (Lipinski definition) is 7. The first-order chi connectivity index (χ1) is 15.7. The van der Waals surface area contributed by atoms with Crippen LogP contribution in [0.2, 0.25) is 0 Å². The molecular weight excluding hydrogens is 442 g/mol. The molecule has 0 N–H and O–H groups in total. The summed E-state index contributed by atoms with van der Waals surface area (Å²) in [6, 6.07) is 10.9. The molecule has 2 aromatic carbocycles. The largest absolute Gasteiger partial charge is 0.493 e. The molecule has 0 bridgehead atoms. The highest BCUT2D eigenvalue weighted by Gasteiger charge is 2.28. The van der Waals surface area contributed by atoms with E-state index in [4.69, 9.17) is 13.7 Å². The maximum absolute atomic E-state index is 13.0. The van der Waals surface area contributed by atoms with Crippen LogP contribution in [0.15, 0.2) is 36.4 Å². The van der Waals surface area contributed by atoms with Gasteiger partial charge in [-0.25, -0.2) is 0 Å². The molecule has 0 radical (unpaired) electrons. The second-order valence-electron chi connectivity index (χ2n) is 8.59. The number of aryl methyl sites for hydroxylation is 1. The van der Waals surface area contributed by atoms with E-state index >= 15 is 0 Å². The Labute approximate surface area is 196 Å². The predicted molar refractivity (Wildman–Crippen MR) is 128 cm³/mol. The molecule has 0 heterocycles. The van der Waals surface area contributed by atoms with E-state index in [1.807, 2.05) is 24.3 Å². The second kappa shape index (κ2) is 11.0. The average Bonchev–Trinajstić information content (AvgIpc) is 2.78. The van der Waals surface area contributed by atoms with Crippen LogP contribution in [0.3, 0.4) is 0 Å². The Morgan fingerprint density at radius 3 is 2.33 bits per heavy atom. The zero-order valence-corrected chi connectivity index (χ0v) is 20.6. The van der Waals surface area contributed by atoms with Crippen molar-refractivity contribution in [2.24, 2.45) is 5.92 Å². The Hall–Kier alpha value is -2.58. The van der Waals surface area contributed by atoms with Gasteiger partial charge in [-0.15, -0.1) is 0 Å². The SMILES string of the molecule is COc1cc2c(cc1OC)C(=O)C(CCCN(C)CCc1ccc(OS(C)(=O)=O)cc1)CC2. The summed E-state index contributed by atoms with van der Waals surface area (Å²) in [7, 11) is 1.77. The summed E-state index contributed by atoms with van der Waals surface area (Å²) in [5.41, 5.74) is 2.92. The van der Waals surface area contributed by atoms with Crippen LogP contribution in [0.25, 0.3) is 0 Å². The van der Waals surface area contributed by atoms with Crippen molar-refractivity contribution in [2.75, 3.05) is 40.6 Å². The van der Waals surface area contributed by atoms with Gasteiger partial charge >= 0.3 is 10.1 Å². The molecule has 0 fully saturated rings. The van der Waals surface area contributed by atoms with Gasteiger partial charge in [0.1, 0.15) is 5.75 Å². The number of rotatable bonds is 11. The highest BCUT2D eigenvalue weighted by molar-refractivity contribution is 7.86. The Morgan fingerprint density at radius 1 is 1.03 bits per heavy atom. The van der Waals surface area contributed by atoms with Crippen molar-refractivity contribution in [3.8, 4) is 17.2 Å². The number of nitrogens with zero attached hydrogens (tertiary/aromatic N) is 1. The van der Waals surface area contributed by atoms with Gasteiger partial charge in [-0.05, 0) is 81.1 Å². The molecule has 0 saturated heterocycles. The molecule has 180 valence electrons. The van der Waals surface area contributed by atoms with Crippen molar-refractivity contribution in [1.29, 1.82) is 0 Å². The van der Waals surface area contributed by atoms with E-state index in [2.05, 4.69) is 11.9 Å². The number of Topliss-reactive ketones (excluding diaryl/α,β-unsaturated/α-hetero) is 1. The summed E-state index contributed by atoms with van der Waals surface area (Å²) < 4.78 is 38.0. The number of carbonyl (C=O) groups excluding carboxylic acids is 1. The minimum absolute atomic E-state index is 0.0476. The molecule has 1 aliphatic rings. The van der Waals surface area contributed by atoms with Crippen molar-refractivity contribution < 1.29 is 26.9 Å². The van der Waals surface area contributed by atoms with Crippen LogP contribution in [0.4, 0.5) is 0 Å². The third-order valence-electron chi connectivity index (χ3n) is 6.05. The smallest absolute Gasteiger partial charge is 0.306 e. The number of benzene rings is 2. The summed E-state index contributed by atoms with van der Waals surface area (Å²) in [5.74, 6) is 1.84. The number of carbonyl (C=O) groups is 1. The first-order valence-electron chi connectivity index (χ1n) is 11.2. The van der Waals surface area contributed by atoms with Crippen LogP contribution in [0.5, 0.6) is 17.2 Å².